The summed E-state index contributed by atoms with van der Waals surface area (Å²) in [7, 11) is -2.22. The van der Waals surface area contributed by atoms with Crippen LogP contribution in [0.4, 0.5) is 0 Å². The number of rotatable bonds is 6. The highest BCUT2D eigenvalue weighted by Gasteiger charge is 2.16. The minimum Gasteiger partial charge on any atom is -0.497 e. The van der Waals surface area contributed by atoms with Crippen molar-refractivity contribution in [1.29, 1.82) is 0 Å². The van der Waals surface area contributed by atoms with Gasteiger partial charge >= 0.3 is 0 Å². The highest BCUT2D eigenvalue weighted by molar-refractivity contribution is 7.89. The van der Waals surface area contributed by atoms with Crippen LogP contribution in [0.15, 0.2) is 41.3 Å². The van der Waals surface area contributed by atoms with Gasteiger partial charge < -0.3 is 9.84 Å². The lowest BCUT2D eigenvalue weighted by atomic mass is 10.3. The molecule has 1 aromatic rings. The molecule has 1 radical (unpaired) electrons. The van der Waals surface area contributed by atoms with Crippen LogP contribution in [0.25, 0.3) is 0 Å². The summed E-state index contributed by atoms with van der Waals surface area (Å²) in [6.07, 6.45) is 2.23. The lowest BCUT2D eigenvalue weighted by Crippen LogP contribution is -2.25. The van der Waals surface area contributed by atoms with Crippen LogP contribution in [0.1, 0.15) is 6.92 Å². The minimum atomic E-state index is -3.72. The molecule has 0 heterocycles. The Labute approximate surface area is 107 Å². The molecular weight excluding hydrogens is 254 g/mol. The van der Waals surface area contributed by atoms with E-state index in [2.05, 4.69) is 4.72 Å². The molecule has 18 heavy (non-hydrogen) atoms. The van der Waals surface area contributed by atoms with Crippen molar-refractivity contribution >= 4 is 10.0 Å². The Morgan fingerprint density at radius 2 is 2.00 bits per heavy atom. The number of benzene rings is 1. The van der Waals surface area contributed by atoms with E-state index in [-0.39, 0.29) is 11.4 Å². The second kappa shape index (κ2) is 6.53. The third-order valence-corrected chi connectivity index (χ3v) is 3.56. The fraction of sp³-hybridized carbons (Fsp3) is 0.333. The van der Waals surface area contributed by atoms with Crippen LogP contribution in [0.3, 0.4) is 0 Å². The molecule has 1 rings (SSSR count). The molecule has 0 fully saturated rings. The molecule has 6 heteroatoms. The lowest BCUT2D eigenvalue weighted by molar-refractivity contribution is 0.225. The zero-order valence-corrected chi connectivity index (χ0v) is 11.1. The molecule has 5 nitrogen and oxygen atoms in total. The monoisotopic (exact) mass is 270 g/mol. The molecule has 0 bridgehead atoms. The van der Waals surface area contributed by atoms with Crippen LogP contribution in [0.5, 0.6) is 5.75 Å². The second-order valence-electron chi connectivity index (χ2n) is 3.56. The summed E-state index contributed by atoms with van der Waals surface area (Å²) in [6, 6.07) is 5.93. The zero-order valence-electron chi connectivity index (χ0n) is 10.3. The third kappa shape index (κ3) is 4.14. The molecule has 0 aromatic heterocycles. The van der Waals surface area contributed by atoms with Gasteiger partial charge in [-0.1, -0.05) is 12.2 Å². The molecule has 0 saturated heterocycles. The standard InChI is InChI=1S/C12H16NO4S/c1-3-4-10(14)9-13-18(15,16)12-7-5-11(17-2)6-8-12/h3-8,10,14H,9H2,1-2H3. The number of hydrogen-bond donors (Lipinski definition) is 1. The molecule has 0 spiro atoms. The van der Waals surface area contributed by atoms with Gasteiger partial charge in [0.05, 0.1) is 24.7 Å². The Morgan fingerprint density at radius 1 is 1.39 bits per heavy atom. The molecule has 1 unspecified atom stereocenters. The minimum absolute atomic E-state index is 0.0796. The molecular formula is C12H16NO4S. The van der Waals surface area contributed by atoms with Gasteiger partial charge in [0.25, 0.3) is 10.0 Å². The maximum atomic E-state index is 11.8. The highest BCUT2D eigenvalue weighted by Crippen LogP contribution is 2.15. The average molecular weight is 270 g/mol. The van der Waals surface area contributed by atoms with Crippen molar-refractivity contribution in [2.45, 2.75) is 17.9 Å². The van der Waals surface area contributed by atoms with Gasteiger partial charge in [-0.25, -0.2) is 8.42 Å². The van der Waals surface area contributed by atoms with Gasteiger partial charge in [0.2, 0.25) is 0 Å². The summed E-state index contributed by atoms with van der Waals surface area (Å²) in [5.74, 6) is 0.572. The molecule has 0 amide bonds. The van der Waals surface area contributed by atoms with Crippen LogP contribution in [-0.4, -0.2) is 33.3 Å². The molecule has 99 valence electrons. The first kappa shape index (κ1) is 14.7. The van der Waals surface area contributed by atoms with E-state index in [9.17, 15) is 13.5 Å². The van der Waals surface area contributed by atoms with Crippen molar-refractivity contribution in [2.24, 2.45) is 0 Å². The summed E-state index contributed by atoms with van der Waals surface area (Å²) in [4.78, 5) is 0.0796. The molecule has 0 aliphatic rings. The molecule has 0 saturated carbocycles. The maximum absolute atomic E-state index is 11.8. The molecule has 1 N–H and O–H groups in total. The normalized spacial score (nSPS) is 13.7. The van der Waals surface area contributed by atoms with E-state index in [0.29, 0.717) is 5.75 Å². The van der Waals surface area contributed by atoms with Crippen LogP contribution >= 0.6 is 0 Å². The van der Waals surface area contributed by atoms with Gasteiger partial charge in [-0.15, -0.1) is 4.72 Å². The quantitative estimate of drug-likeness (QED) is 0.780. The van der Waals surface area contributed by atoms with E-state index in [1.807, 2.05) is 0 Å². The van der Waals surface area contributed by atoms with Gasteiger partial charge in [-0.3, -0.25) is 0 Å². The Morgan fingerprint density at radius 3 is 2.50 bits per heavy atom. The fourth-order valence-corrected chi connectivity index (χ4v) is 2.26. The Kier molecular flexibility index (Phi) is 5.33. The van der Waals surface area contributed by atoms with Crippen LogP contribution < -0.4 is 9.46 Å². The van der Waals surface area contributed by atoms with E-state index in [0.717, 1.165) is 0 Å². The first-order chi connectivity index (χ1) is 8.49. The van der Waals surface area contributed by atoms with Gasteiger partial charge in [0.15, 0.2) is 0 Å². The first-order valence-electron chi connectivity index (χ1n) is 5.38. The Balaban J connectivity index is 2.73. The number of aliphatic hydroxyl groups is 1. The largest absolute Gasteiger partial charge is 0.497 e. The van der Waals surface area contributed by atoms with Crippen molar-refractivity contribution < 1.29 is 18.3 Å². The van der Waals surface area contributed by atoms with Gasteiger partial charge in [-0.2, -0.15) is 0 Å². The van der Waals surface area contributed by atoms with Gasteiger partial charge in [0, 0.05) is 0 Å². The second-order valence-corrected chi connectivity index (χ2v) is 5.24. The van der Waals surface area contributed by atoms with Crippen LogP contribution in [-0.2, 0) is 10.0 Å². The van der Waals surface area contributed by atoms with Crippen LogP contribution in [0, 0.1) is 0 Å². The smallest absolute Gasteiger partial charge is 0.256 e. The summed E-state index contributed by atoms with van der Waals surface area (Å²) in [5.41, 5.74) is 0. The number of ether oxygens (including phenoxy) is 1. The van der Waals surface area contributed by atoms with E-state index in [1.54, 1.807) is 25.1 Å². The van der Waals surface area contributed by atoms with E-state index in [1.165, 1.54) is 25.3 Å². The number of nitrogens with zero attached hydrogens (tertiary/aromatic N) is 1. The summed E-state index contributed by atoms with van der Waals surface area (Å²) in [5, 5.41) is 9.38. The number of aliphatic hydroxyl groups excluding tert-OH is 1. The zero-order chi connectivity index (χ0) is 13.6. The predicted octanol–water partition coefficient (Wildman–Crippen LogP) is 0.925. The van der Waals surface area contributed by atoms with E-state index in [4.69, 9.17) is 4.74 Å². The number of sulfonamides is 1. The predicted molar refractivity (Wildman–Crippen MR) is 68.0 cm³/mol. The summed E-state index contributed by atoms with van der Waals surface area (Å²) in [6.45, 7) is 1.56. The fourth-order valence-electron chi connectivity index (χ4n) is 1.28. The average Bonchev–Trinajstić information content (AvgIpc) is 2.37. The Hall–Kier alpha value is -1.37. The van der Waals surface area contributed by atoms with Crippen LogP contribution in [0.2, 0.25) is 0 Å². The summed E-state index contributed by atoms with van der Waals surface area (Å²) >= 11 is 0. The molecule has 1 atom stereocenters. The van der Waals surface area contributed by atoms with Crippen molar-refractivity contribution in [3.05, 3.63) is 36.4 Å². The van der Waals surface area contributed by atoms with E-state index >= 15 is 0 Å². The third-order valence-electron chi connectivity index (χ3n) is 2.20. The maximum Gasteiger partial charge on any atom is 0.256 e. The van der Waals surface area contributed by atoms with E-state index < -0.39 is 16.1 Å². The number of methoxy groups -OCH3 is 1. The summed E-state index contributed by atoms with van der Waals surface area (Å²) < 4.78 is 32.1. The number of allylic oxidation sites excluding steroid dienone is 1. The topological polar surface area (TPSA) is 77.7 Å². The van der Waals surface area contributed by atoms with Gasteiger partial charge in [-0.05, 0) is 31.2 Å². The highest BCUT2D eigenvalue weighted by atomic mass is 32.2. The van der Waals surface area contributed by atoms with Crippen molar-refractivity contribution in [1.82, 2.24) is 4.72 Å². The van der Waals surface area contributed by atoms with Crippen molar-refractivity contribution in [2.75, 3.05) is 13.7 Å². The molecule has 1 aromatic carbocycles. The first-order valence-corrected chi connectivity index (χ1v) is 6.82. The Bertz CT molecular complexity index is 493. The number of hydrogen-bond acceptors (Lipinski definition) is 4. The molecule has 0 aliphatic heterocycles. The lowest BCUT2D eigenvalue weighted by Gasteiger charge is -2.07. The SMILES string of the molecule is CC=CC(O)C[N]S(=O)(=O)c1ccc(OC)cc1. The molecule has 0 aliphatic carbocycles. The van der Waals surface area contributed by atoms with Gasteiger partial charge in [0.1, 0.15) is 5.75 Å². The van der Waals surface area contributed by atoms with Crippen molar-refractivity contribution in [3.63, 3.8) is 0 Å². The van der Waals surface area contributed by atoms with Crippen molar-refractivity contribution in [3.8, 4) is 5.75 Å².